The summed E-state index contributed by atoms with van der Waals surface area (Å²) >= 11 is 0. The molecule has 0 fully saturated rings. The number of rotatable bonds is 3. The Morgan fingerprint density at radius 2 is 2.00 bits per heavy atom. The number of primary amides is 1. The van der Waals surface area contributed by atoms with Crippen LogP contribution in [0.25, 0.3) is 11.3 Å². The summed E-state index contributed by atoms with van der Waals surface area (Å²) in [6.07, 6.45) is 0. The molecule has 2 aromatic rings. The van der Waals surface area contributed by atoms with Crippen molar-refractivity contribution in [3.05, 3.63) is 46.2 Å². The summed E-state index contributed by atoms with van der Waals surface area (Å²) in [6, 6.07) is 7.09. The van der Waals surface area contributed by atoms with Crippen LogP contribution >= 0.6 is 0 Å². The molecule has 7 heteroatoms. The van der Waals surface area contributed by atoms with Gasteiger partial charge in [-0.2, -0.15) is 0 Å². The Kier molecular flexibility index (Phi) is 2.57. The Morgan fingerprint density at radius 3 is 2.47 bits per heavy atom. The third-order valence-corrected chi connectivity index (χ3v) is 2.13. The molecule has 86 valence electrons. The lowest BCUT2D eigenvalue weighted by Gasteiger charge is -1.94. The first-order valence-electron chi connectivity index (χ1n) is 4.59. The van der Waals surface area contributed by atoms with Crippen LogP contribution in [-0.4, -0.2) is 16.0 Å². The Morgan fingerprint density at radius 1 is 1.35 bits per heavy atom. The zero-order valence-electron chi connectivity index (χ0n) is 8.49. The molecule has 0 radical (unpaired) electrons. The van der Waals surface area contributed by atoms with E-state index in [1.165, 1.54) is 30.3 Å². The van der Waals surface area contributed by atoms with E-state index in [-0.39, 0.29) is 11.4 Å². The highest BCUT2D eigenvalue weighted by Gasteiger charge is 2.11. The van der Waals surface area contributed by atoms with Crippen molar-refractivity contribution in [1.82, 2.24) is 5.16 Å². The molecule has 2 rings (SSSR count). The average molecular weight is 233 g/mol. The quantitative estimate of drug-likeness (QED) is 0.635. The maximum absolute atomic E-state index is 10.8. The highest BCUT2D eigenvalue weighted by atomic mass is 16.6. The van der Waals surface area contributed by atoms with Gasteiger partial charge in [0.2, 0.25) is 5.76 Å². The van der Waals surface area contributed by atoms with E-state index in [0.29, 0.717) is 11.3 Å². The number of carbonyl (C=O) groups is 1. The Balaban J connectivity index is 2.33. The van der Waals surface area contributed by atoms with Crippen LogP contribution in [0.3, 0.4) is 0 Å². The van der Waals surface area contributed by atoms with Crippen molar-refractivity contribution < 1.29 is 14.2 Å². The van der Waals surface area contributed by atoms with Gasteiger partial charge in [0.25, 0.3) is 11.6 Å². The van der Waals surface area contributed by atoms with Gasteiger partial charge in [0.05, 0.1) is 4.92 Å². The average Bonchev–Trinajstić information content (AvgIpc) is 2.78. The van der Waals surface area contributed by atoms with E-state index >= 15 is 0 Å². The van der Waals surface area contributed by atoms with Crippen molar-refractivity contribution in [1.29, 1.82) is 0 Å². The van der Waals surface area contributed by atoms with E-state index in [9.17, 15) is 14.9 Å². The molecule has 0 spiro atoms. The number of hydrogen-bond acceptors (Lipinski definition) is 5. The number of hydrogen-bond donors (Lipinski definition) is 1. The fourth-order valence-corrected chi connectivity index (χ4v) is 1.28. The summed E-state index contributed by atoms with van der Waals surface area (Å²) in [5.41, 5.74) is 5.99. The van der Waals surface area contributed by atoms with Gasteiger partial charge in [-0.25, -0.2) is 0 Å². The summed E-state index contributed by atoms with van der Waals surface area (Å²) in [5.74, 6) is -0.774. The van der Waals surface area contributed by atoms with Crippen LogP contribution in [0.4, 0.5) is 5.69 Å². The molecule has 0 saturated heterocycles. The van der Waals surface area contributed by atoms with E-state index in [1.54, 1.807) is 0 Å². The number of nitro groups is 1. The van der Waals surface area contributed by atoms with Gasteiger partial charge in [0.15, 0.2) is 0 Å². The minimum Gasteiger partial charge on any atom is -0.363 e. The van der Waals surface area contributed by atoms with Crippen molar-refractivity contribution in [2.45, 2.75) is 0 Å². The van der Waals surface area contributed by atoms with Crippen LogP contribution < -0.4 is 5.73 Å². The fraction of sp³-hybridized carbons (Fsp3) is 0. The number of aromatic nitrogens is 1. The van der Waals surface area contributed by atoms with Gasteiger partial charge in [-0.15, -0.1) is 0 Å². The van der Waals surface area contributed by atoms with Gasteiger partial charge in [-0.3, -0.25) is 14.9 Å². The van der Waals surface area contributed by atoms with E-state index in [2.05, 4.69) is 5.16 Å². The molecular weight excluding hydrogens is 226 g/mol. The molecule has 7 nitrogen and oxygen atoms in total. The molecule has 1 aromatic heterocycles. The SMILES string of the molecule is NC(=O)c1cc(-c2ccc([N+](=O)[O-])cc2)no1. The highest BCUT2D eigenvalue weighted by molar-refractivity contribution is 5.90. The zero-order chi connectivity index (χ0) is 12.4. The monoisotopic (exact) mass is 233 g/mol. The lowest BCUT2D eigenvalue weighted by atomic mass is 10.1. The van der Waals surface area contributed by atoms with Crippen LogP contribution in [0.5, 0.6) is 0 Å². The predicted octanol–water partition coefficient (Wildman–Crippen LogP) is 1.35. The van der Waals surface area contributed by atoms with Gasteiger partial charge in [0, 0.05) is 23.8 Å². The number of benzene rings is 1. The van der Waals surface area contributed by atoms with E-state index in [4.69, 9.17) is 10.3 Å². The summed E-state index contributed by atoms with van der Waals surface area (Å²) in [6.45, 7) is 0. The van der Waals surface area contributed by atoms with Crippen molar-refractivity contribution >= 4 is 11.6 Å². The molecule has 0 aliphatic rings. The third-order valence-electron chi connectivity index (χ3n) is 2.13. The molecule has 1 heterocycles. The summed E-state index contributed by atoms with van der Waals surface area (Å²) < 4.78 is 4.70. The Hall–Kier alpha value is -2.70. The van der Waals surface area contributed by atoms with Crippen LogP contribution in [0.15, 0.2) is 34.9 Å². The number of nitrogens with zero attached hydrogens (tertiary/aromatic N) is 2. The maximum atomic E-state index is 10.8. The molecule has 0 aliphatic heterocycles. The second-order valence-corrected chi connectivity index (χ2v) is 3.24. The van der Waals surface area contributed by atoms with Gasteiger partial charge in [0.1, 0.15) is 5.69 Å². The molecule has 1 amide bonds. The molecule has 17 heavy (non-hydrogen) atoms. The van der Waals surface area contributed by atoms with Crippen LogP contribution in [-0.2, 0) is 0 Å². The minimum atomic E-state index is -0.717. The minimum absolute atomic E-state index is 0.0210. The molecule has 2 N–H and O–H groups in total. The van der Waals surface area contributed by atoms with Crippen molar-refractivity contribution in [3.8, 4) is 11.3 Å². The number of carbonyl (C=O) groups excluding carboxylic acids is 1. The predicted molar refractivity (Wildman–Crippen MR) is 57.1 cm³/mol. The highest BCUT2D eigenvalue weighted by Crippen LogP contribution is 2.21. The number of nitro benzene ring substituents is 1. The fourth-order valence-electron chi connectivity index (χ4n) is 1.28. The molecule has 1 aromatic carbocycles. The van der Waals surface area contributed by atoms with Gasteiger partial charge in [-0.05, 0) is 12.1 Å². The van der Waals surface area contributed by atoms with Crippen molar-refractivity contribution in [3.63, 3.8) is 0 Å². The van der Waals surface area contributed by atoms with Gasteiger partial charge < -0.3 is 10.3 Å². The topological polar surface area (TPSA) is 112 Å². The molecule has 0 saturated carbocycles. The van der Waals surface area contributed by atoms with Gasteiger partial charge in [-0.1, -0.05) is 5.16 Å². The van der Waals surface area contributed by atoms with Crippen LogP contribution in [0.2, 0.25) is 0 Å². The standard InChI is InChI=1S/C10H7N3O4/c11-10(14)9-5-8(12-17-9)6-1-3-7(4-2-6)13(15)16/h1-5H,(H2,11,14). The molecule has 0 unspecified atom stereocenters. The van der Waals surface area contributed by atoms with Gasteiger partial charge >= 0.3 is 0 Å². The number of nitrogens with two attached hydrogens (primary N) is 1. The Labute approximate surface area is 95.0 Å². The first kappa shape index (κ1) is 10.8. The first-order chi connectivity index (χ1) is 8.08. The molecule has 0 atom stereocenters. The lowest BCUT2D eigenvalue weighted by Crippen LogP contribution is -2.09. The van der Waals surface area contributed by atoms with E-state index in [1.807, 2.05) is 0 Å². The number of amides is 1. The number of non-ortho nitro benzene ring substituents is 1. The zero-order valence-corrected chi connectivity index (χ0v) is 8.49. The van der Waals surface area contributed by atoms with Crippen molar-refractivity contribution in [2.75, 3.05) is 0 Å². The summed E-state index contributed by atoms with van der Waals surface area (Å²) in [7, 11) is 0. The normalized spacial score (nSPS) is 10.1. The molecule has 0 bridgehead atoms. The first-order valence-corrected chi connectivity index (χ1v) is 4.59. The van der Waals surface area contributed by atoms with E-state index in [0.717, 1.165) is 0 Å². The maximum Gasteiger partial charge on any atom is 0.287 e. The van der Waals surface area contributed by atoms with E-state index < -0.39 is 10.8 Å². The van der Waals surface area contributed by atoms with Crippen molar-refractivity contribution in [2.24, 2.45) is 5.73 Å². The smallest absolute Gasteiger partial charge is 0.287 e. The Bertz CT molecular complexity index is 573. The second-order valence-electron chi connectivity index (χ2n) is 3.24. The molecule has 0 aliphatic carbocycles. The van der Waals surface area contributed by atoms with Crippen LogP contribution in [0.1, 0.15) is 10.6 Å². The van der Waals surface area contributed by atoms with Crippen LogP contribution in [0, 0.1) is 10.1 Å². The third kappa shape index (κ3) is 2.12. The summed E-state index contributed by atoms with van der Waals surface area (Å²) in [5, 5.41) is 14.1. The largest absolute Gasteiger partial charge is 0.363 e. The molecular formula is C10H7N3O4. The lowest BCUT2D eigenvalue weighted by molar-refractivity contribution is -0.384. The summed E-state index contributed by atoms with van der Waals surface area (Å²) in [4.78, 5) is 20.7. The second kappa shape index (κ2) is 4.05.